The number of unbranched alkanes of at least 4 members (excludes halogenated alkanes) is 1. The second-order valence-corrected chi connectivity index (χ2v) is 4.06. The van der Waals surface area contributed by atoms with E-state index in [1.807, 2.05) is 0 Å². The first-order valence-corrected chi connectivity index (χ1v) is 5.43. The highest BCUT2D eigenvalue weighted by molar-refractivity contribution is 5.50. The van der Waals surface area contributed by atoms with Gasteiger partial charge in [-0.05, 0) is 24.7 Å². The van der Waals surface area contributed by atoms with Crippen LogP contribution in [0.1, 0.15) is 40.0 Å². The zero-order valence-corrected chi connectivity index (χ0v) is 9.57. The van der Waals surface area contributed by atoms with Crippen molar-refractivity contribution >= 4 is 6.29 Å². The summed E-state index contributed by atoms with van der Waals surface area (Å²) in [5.74, 6) is 1.04. The van der Waals surface area contributed by atoms with Crippen LogP contribution in [0.5, 0.6) is 0 Å². The maximum absolute atomic E-state index is 10.2. The molecule has 0 aliphatic rings. The molecule has 0 fully saturated rings. The van der Waals surface area contributed by atoms with Gasteiger partial charge in [-0.15, -0.1) is 0 Å². The lowest BCUT2D eigenvalue weighted by Crippen LogP contribution is -1.88. The SMILES string of the molecule is CC(C)/C=C/CC/C=C/C(C)CC=O. The summed E-state index contributed by atoms with van der Waals surface area (Å²) in [6, 6.07) is 0. The van der Waals surface area contributed by atoms with Gasteiger partial charge in [0, 0.05) is 6.42 Å². The van der Waals surface area contributed by atoms with E-state index in [-0.39, 0.29) is 0 Å². The van der Waals surface area contributed by atoms with Gasteiger partial charge in [-0.1, -0.05) is 45.1 Å². The molecule has 0 aromatic carbocycles. The number of aldehydes is 1. The van der Waals surface area contributed by atoms with E-state index in [9.17, 15) is 4.79 Å². The molecule has 0 aromatic heterocycles. The predicted molar refractivity (Wildman–Crippen MR) is 62.2 cm³/mol. The Labute approximate surface area is 87.9 Å². The topological polar surface area (TPSA) is 17.1 Å². The van der Waals surface area contributed by atoms with Gasteiger partial charge < -0.3 is 4.79 Å². The van der Waals surface area contributed by atoms with Crippen molar-refractivity contribution in [2.24, 2.45) is 11.8 Å². The molecule has 0 rings (SSSR count). The lowest BCUT2D eigenvalue weighted by Gasteiger charge is -1.97. The Balaban J connectivity index is 3.48. The van der Waals surface area contributed by atoms with E-state index in [0.29, 0.717) is 18.3 Å². The summed E-state index contributed by atoms with van der Waals surface area (Å²) in [6.07, 6.45) is 12.5. The third-order valence-electron chi connectivity index (χ3n) is 1.95. The number of allylic oxidation sites excluding steroid dienone is 4. The first-order valence-electron chi connectivity index (χ1n) is 5.43. The summed E-state index contributed by atoms with van der Waals surface area (Å²) in [5.41, 5.74) is 0. The fourth-order valence-electron chi connectivity index (χ4n) is 1.12. The van der Waals surface area contributed by atoms with Crippen molar-refractivity contribution in [1.82, 2.24) is 0 Å². The standard InChI is InChI=1S/C13H22O/c1-12(2)8-6-4-5-7-9-13(3)10-11-14/h6-9,11-13H,4-5,10H2,1-3H3/b8-6+,9-7+. The highest BCUT2D eigenvalue weighted by atomic mass is 16.1. The number of hydrogen-bond donors (Lipinski definition) is 0. The molecule has 0 N–H and O–H groups in total. The molecule has 0 radical (unpaired) electrons. The fraction of sp³-hybridized carbons (Fsp3) is 0.615. The van der Waals surface area contributed by atoms with Gasteiger partial charge in [0.2, 0.25) is 0 Å². The Morgan fingerprint density at radius 3 is 2.07 bits per heavy atom. The molecular weight excluding hydrogens is 172 g/mol. The van der Waals surface area contributed by atoms with Crippen LogP contribution in [0.25, 0.3) is 0 Å². The molecule has 0 spiro atoms. The zero-order chi connectivity index (χ0) is 10.8. The third-order valence-corrected chi connectivity index (χ3v) is 1.95. The van der Waals surface area contributed by atoms with Crippen molar-refractivity contribution in [1.29, 1.82) is 0 Å². The van der Waals surface area contributed by atoms with E-state index >= 15 is 0 Å². The van der Waals surface area contributed by atoms with E-state index < -0.39 is 0 Å². The van der Waals surface area contributed by atoms with Crippen molar-refractivity contribution in [2.45, 2.75) is 40.0 Å². The Hall–Kier alpha value is -0.850. The van der Waals surface area contributed by atoms with Crippen LogP contribution in [0, 0.1) is 11.8 Å². The van der Waals surface area contributed by atoms with Gasteiger partial charge in [0.15, 0.2) is 0 Å². The number of carbonyl (C=O) groups excluding carboxylic acids is 1. The van der Waals surface area contributed by atoms with E-state index in [0.717, 1.165) is 19.1 Å². The molecule has 0 aliphatic carbocycles. The summed E-state index contributed by atoms with van der Waals surface area (Å²) in [6.45, 7) is 6.42. The Morgan fingerprint density at radius 1 is 1.00 bits per heavy atom. The highest BCUT2D eigenvalue weighted by Gasteiger charge is 1.92. The average Bonchev–Trinajstić information content (AvgIpc) is 2.11. The second-order valence-electron chi connectivity index (χ2n) is 4.06. The first-order chi connectivity index (χ1) is 6.66. The maximum Gasteiger partial charge on any atom is 0.120 e. The molecule has 0 bridgehead atoms. The maximum atomic E-state index is 10.2. The van der Waals surface area contributed by atoms with Crippen molar-refractivity contribution in [3.8, 4) is 0 Å². The molecule has 1 nitrogen and oxygen atoms in total. The summed E-state index contributed by atoms with van der Waals surface area (Å²) >= 11 is 0. The van der Waals surface area contributed by atoms with Gasteiger partial charge in [-0.3, -0.25) is 0 Å². The normalized spacial score (nSPS) is 14.3. The molecule has 0 aromatic rings. The highest BCUT2D eigenvalue weighted by Crippen LogP contribution is 2.04. The van der Waals surface area contributed by atoms with Gasteiger partial charge in [0.05, 0.1) is 0 Å². The molecule has 1 unspecified atom stereocenters. The van der Waals surface area contributed by atoms with Crippen LogP contribution < -0.4 is 0 Å². The molecule has 80 valence electrons. The number of rotatable bonds is 7. The Bertz CT molecular complexity index is 189. The van der Waals surface area contributed by atoms with Gasteiger partial charge >= 0.3 is 0 Å². The van der Waals surface area contributed by atoms with Gasteiger partial charge in [0.1, 0.15) is 6.29 Å². The fourth-order valence-corrected chi connectivity index (χ4v) is 1.12. The predicted octanol–water partition coefficient (Wildman–Crippen LogP) is 3.76. The smallest absolute Gasteiger partial charge is 0.120 e. The Morgan fingerprint density at radius 2 is 1.57 bits per heavy atom. The van der Waals surface area contributed by atoms with E-state index in [1.165, 1.54) is 0 Å². The van der Waals surface area contributed by atoms with E-state index in [2.05, 4.69) is 45.1 Å². The van der Waals surface area contributed by atoms with Crippen molar-refractivity contribution in [3.63, 3.8) is 0 Å². The van der Waals surface area contributed by atoms with Gasteiger partial charge in [-0.2, -0.15) is 0 Å². The minimum absolute atomic E-state index is 0.390. The molecule has 0 aliphatic heterocycles. The molecule has 0 heterocycles. The lowest BCUT2D eigenvalue weighted by molar-refractivity contribution is -0.108. The summed E-state index contributed by atoms with van der Waals surface area (Å²) in [7, 11) is 0. The molecule has 1 atom stereocenters. The quantitative estimate of drug-likeness (QED) is 0.342. The Kier molecular flexibility index (Phi) is 8.20. The third kappa shape index (κ3) is 9.24. The molecule has 0 saturated heterocycles. The minimum Gasteiger partial charge on any atom is -0.303 e. The zero-order valence-electron chi connectivity index (χ0n) is 9.57. The van der Waals surface area contributed by atoms with E-state index in [1.54, 1.807) is 0 Å². The first kappa shape index (κ1) is 13.2. The van der Waals surface area contributed by atoms with Crippen molar-refractivity contribution in [2.75, 3.05) is 0 Å². The molecule has 0 saturated carbocycles. The minimum atomic E-state index is 0.390. The van der Waals surface area contributed by atoms with Crippen LogP contribution in [0.2, 0.25) is 0 Å². The van der Waals surface area contributed by atoms with Crippen LogP contribution in [-0.4, -0.2) is 6.29 Å². The number of carbonyl (C=O) groups is 1. The van der Waals surface area contributed by atoms with Gasteiger partial charge in [-0.25, -0.2) is 0 Å². The second kappa shape index (κ2) is 8.74. The van der Waals surface area contributed by atoms with Crippen LogP contribution in [0.4, 0.5) is 0 Å². The summed E-state index contributed by atoms with van der Waals surface area (Å²) in [4.78, 5) is 10.2. The van der Waals surface area contributed by atoms with Gasteiger partial charge in [0.25, 0.3) is 0 Å². The number of hydrogen-bond acceptors (Lipinski definition) is 1. The lowest BCUT2D eigenvalue weighted by atomic mass is 10.1. The monoisotopic (exact) mass is 194 g/mol. The van der Waals surface area contributed by atoms with Crippen molar-refractivity contribution < 1.29 is 4.79 Å². The molecular formula is C13H22O. The molecule has 1 heteroatoms. The van der Waals surface area contributed by atoms with Crippen LogP contribution in [0.15, 0.2) is 24.3 Å². The average molecular weight is 194 g/mol. The van der Waals surface area contributed by atoms with Crippen LogP contribution >= 0.6 is 0 Å². The van der Waals surface area contributed by atoms with Crippen LogP contribution in [-0.2, 0) is 4.79 Å². The molecule has 0 amide bonds. The summed E-state index contributed by atoms with van der Waals surface area (Å²) in [5, 5.41) is 0. The van der Waals surface area contributed by atoms with Crippen LogP contribution in [0.3, 0.4) is 0 Å². The van der Waals surface area contributed by atoms with Crippen molar-refractivity contribution in [3.05, 3.63) is 24.3 Å². The summed E-state index contributed by atoms with van der Waals surface area (Å²) < 4.78 is 0. The van der Waals surface area contributed by atoms with E-state index in [4.69, 9.17) is 0 Å². The largest absolute Gasteiger partial charge is 0.303 e. The molecule has 14 heavy (non-hydrogen) atoms.